The number of hydrogen-bond donors (Lipinski definition) is 0. The summed E-state index contributed by atoms with van der Waals surface area (Å²) >= 11 is 3.23. The van der Waals surface area contributed by atoms with E-state index >= 15 is 0 Å². The Bertz CT molecular complexity index is 394. The minimum Gasteiger partial charge on any atom is -0.187 e. The molecule has 0 aliphatic heterocycles. The maximum absolute atomic E-state index is 4.18. The third-order valence-corrected chi connectivity index (χ3v) is 1.85. The molecule has 0 radical (unpaired) electrons. The molecule has 0 saturated carbocycles. The standard InChI is InChI=1S/C6H5BrN4/c1-4-2-3-5-8-9-6(7)11(5)10-4/h2-3H,1H3. The fraction of sp³-hybridized carbons (Fsp3) is 0.167. The van der Waals surface area contributed by atoms with Gasteiger partial charge in [-0.2, -0.15) is 9.61 Å². The first kappa shape index (κ1) is 6.72. The van der Waals surface area contributed by atoms with Gasteiger partial charge in [0.25, 0.3) is 0 Å². The molecule has 0 spiro atoms. The minimum absolute atomic E-state index is 0.635. The van der Waals surface area contributed by atoms with Crippen LogP contribution in [0.5, 0.6) is 0 Å². The monoisotopic (exact) mass is 212 g/mol. The predicted molar refractivity (Wildman–Crippen MR) is 43.2 cm³/mol. The summed E-state index contributed by atoms with van der Waals surface area (Å²) in [5.74, 6) is 0. The van der Waals surface area contributed by atoms with Crippen LogP contribution in [0.3, 0.4) is 0 Å². The van der Waals surface area contributed by atoms with Gasteiger partial charge in [-0.15, -0.1) is 10.2 Å². The summed E-state index contributed by atoms with van der Waals surface area (Å²) in [7, 11) is 0. The highest BCUT2D eigenvalue weighted by molar-refractivity contribution is 9.10. The van der Waals surface area contributed by atoms with Gasteiger partial charge in [-0.3, -0.25) is 0 Å². The van der Waals surface area contributed by atoms with E-state index in [9.17, 15) is 0 Å². The molecule has 0 aromatic carbocycles. The highest BCUT2D eigenvalue weighted by atomic mass is 79.9. The molecular weight excluding hydrogens is 208 g/mol. The summed E-state index contributed by atoms with van der Waals surface area (Å²) in [4.78, 5) is 0. The molecule has 2 rings (SSSR count). The van der Waals surface area contributed by atoms with Gasteiger partial charge >= 0.3 is 0 Å². The Morgan fingerprint density at radius 3 is 3.00 bits per heavy atom. The predicted octanol–water partition coefficient (Wildman–Crippen LogP) is 1.20. The van der Waals surface area contributed by atoms with Crippen LogP contribution in [-0.4, -0.2) is 19.8 Å². The summed E-state index contributed by atoms with van der Waals surface area (Å²) in [5.41, 5.74) is 1.69. The van der Waals surface area contributed by atoms with Crippen molar-refractivity contribution in [2.45, 2.75) is 6.92 Å². The number of hydrogen-bond acceptors (Lipinski definition) is 3. The first-order chi connectivity index (χ1) is 5.27. The van der Waals surface area contributed by atoms with Gasteiger partial charge in [0.05, 0.1) is 5.69 Å². The Labute approximate surface area is 71.4 Å². The van der Waals surface area contributed by atoms with Crippen molar-refractivity contribution in [1.29, 1.82) is 0 Å². The maximum Gasteiger partial charge on any atom is 0.221 e. The molecule has 0 amide bonds. The molecule has 4 nitrogen and oxygen atoms in total. The number of fused-ring (bicyclic) bond motifs is 1. The summed E-state index contributed by atoms with van der Waals surface area (Å²) in [6.45, 7) is 1.92. The number of nitrogens with zero attached hydrogens (tertiary/aromatic N) is 4. The van der Waals surface area contributed by atoms with Crippen LogP contribution in [0, 0.1) is 6.92 Å². The first-order valence-electron chi connectivity index (χ1n) is 3.12. The molecule has 56 valence electrons. The largest absolute Gasteiger partial charge is 0.221 e. The van der Waals surface area contributed by atoms with E-state index in [1.54, 1.807) is 4.52 Å². The van der Waals surface area contributed by atoms with Crippen LogP contribution >= 0.6 is 15.9 Å². The molecule has 0 N–H and O–H groups in total. The van der Waals surface area contributed by atoms with Crippen molar-refractivity contribution in [3.63, 3.8) is 0 Å². The van der Waals surface area contributed by atoms with Crippen LogP contribution in [-0.2, 0) is 0 Å². The molecule has 0 bridgehead atoms. The number of rotatable bonds is 0. The van der Waals surface area contributed by atoms with E-state index in [0.29, 0.717) is 4.73 Å². The fourth-order valence-corrected chi connectivity index (χ4v) is 1.19. The molecule has 0 atom stereocenters. The van der Waals surface area contributed by atoms with Crippen LogP contribution in [0.15, 0.2) is 16.9 Å². The van der Waals surface area contributed by atoms with Crippen LogP contribution in [0.2, 0.25) is 0 Å². The van der Waals surface area contributed by atoms with Crippen molar-refractivity contribution in [3.8, 4) is 0 Å². The van der Waals surface area contributed by atoms with E-state index < -0.39 is 0 Å². The second-order valence-corrected chi connectivity index (χ2v) is 2.92. The normalized spacial score (nSPS) is 10.7. The Balaban J connectivity index is 2.87. The third-order valence-electron chi connectivity index (χ3n) is 1.36. The van der Waals surface area contributed by atoms with E-state index in [2.05, 4.69) is 31.2 Å². The van der Waals surface area contributed by atoms with E-state index in [1.165, 1.54) is 0 Å². The van der Waals surface area contributed by atoms with Crippen molar-refractivity contribution >= 4 is 21.6 Å². The lowest BCUT2D eigenvalue weighted by molar-refractivity contribution is 0.869. The zero-order chi connectivity index (χ0) is 7.84. The second-order valence-electron chi connectivity index (χ2n) is 2.21. The number of aryl methyl sites for hydroxylation is 1. The molecule has 2 heterocycles. The Hall–Kier alpha value is -0.970. The third kappa shape index (κ3) is 1.01. The van der Waals surface area contributed by atoms with Gasteiger partial charge in [0.2, 0.25) is 4.73 Å². The molecular formula is C6H5BrN4. The average molecular weight is 213 g/mol. The van der Waals surface area contributed by atoms with Gasteiger partial charge in [0, 0.05) is 0 Å². The smallest absolute Gasteiger partial charge is 0.187 e. The van der Waals surface area contributed by atoms with E-state index in [-0.39, 0.29) is 0 Å². The van der Waals surface area contributed by atoms with E-state index in [0.717, 1.165) is 11.3 Å². The lowest BCUT2D eigenvalue weighted by atomic mass is 10.4. The summed E-state index contributed by atoms with van der Waals surface area (Å²) in [6, 6.07) is 3.77. The fourth-order valence-electron chi connectivity index (χ4n) is 0.854. The van der Waals surface area contributed by atoms with Crippen molar-refractivity contribution in [2.24, 2.45) is 0 Å². The molecule has 0 fully saturated rings. The topological polar surface area (TPSA) is 43.1 Å². The minimum atomic E-state index is 0.635. The Morgan fingerprint density at radius 1 is 1.36 bits per heavy atom. The van der Waals surface area contributed by atoms with Gasteiger partial charge < -0.3 is 0 Å². The van der Waals surface area contributed by atoms with Crippen LogP contribution in [0.4, 0.5) is 0 Å². The van der Waals surface area contributed by atoms with Gasteiger partial charge in [-0.25, -0.2) is 0 Å². The SMILES string of the molecule is Cc1ccc2nnc(Br)n2n1. The van der Waals surface area contributed by atoms with Crippen LogP contribution < -0.4 is 0 Å². The summed E-state index contributed by atoms with van der Waals surface area (Å²) in [5, 5.41) is 11.8. The molecule has 0 unspecified atom stereocenters. The van der Waals surface area contributed by atoms with Gasteiger partial charge in [-0.05, 0) is 35.0 Å². The zero-order valence-electron chi connectivity index (χ0n) is 5.82. The van der Waals surface area contributed by atoms with Gasteiger partial charge in [-0.1, -0.05) is 0 Å². The summed E-state index contributed by atoms with van der Waals surface area (Å²) in [6.07, 6.45) is 0. The van der Waals surface area contributed by atoms with Crippen molar-refractivity contribution in [3.05, 3.63) is 22.6 Å². The highest BCUT2D eigenvalue weighted by Crippen LogP contribution is 2.07. The maximum atomic E-state index is 4.18. The number of halogens is 1. The molecule has 2 aromatic rings. The van der Waals surface area contributed by atoms with Gasteiger partial charge in [0.1, 0.15) is 0 Å². The number of aromatic nitrogens is 4. The first-order valence-corrected chi connectivity index (χ1v) is 3.91. The Morgan fingerprint density at radius 2 is 2.18 bits per heavy atom. The lowest BCUT2D eigenvalue weighted by Gasteiger charge is -1.92. The highest BCUT2D eigenvalue weighted by Gasteiger charge is 2.01. The second kappa shape index (κ2) is 2.27. The lowest BCUT2D eigenvalue weighted by Crippen LogP contribution is -1.93. The van der Waals surface area contributed by atoms with Crippen molar-refractivity contribution in [1.82, 2.24) is 19.8 Å². The van der Waals surface area contributed by atoms with Gasteiger partial charge in [0.15, 0.2) is 5.65 Å². The molecule has 2 aromatic heterocycles. The molecule has 11 heavy (non-hydrogen) atoms. The van der Waals surface area contributed by atoms with E-state index in [1.807, 2.05) is 19.1 Å². The quantitative estimate of drug-likeness (QED) is 0.660. The average Bonchev–Trinajstić information content (AvgIpc) is 2.33. The van der Waals surface area contributed by atoms with Crippen molar-refractivity contribution < 1.29 is 0 Å². The zero-order valence-corrected chi connectivity index (χ0v) is 7.41. The molecule has 0 aliphatic carbocycles. The van der Waals surface area contributed by atoms with Crippen LogP contribution in [0.1, 0.15) is 5.69 Å². The molecule has 5 heteroatoms. The molecule has 0 saturated heterocycles. The van der Waals surface area contributed by atoms with Crippen molar-refractivity contribution in [2.75, 3.05) is 0 Å². The summed E-state index contributed by atoms with van der Waals surface area (Å²) < 4.78 is 2.28. The van der Waals surface area contributed by atoms with E-state index in [4.69, 9.17) is 0 Å². The Kier molecular flexibility index (Phi) is 1.38. The molecule has 0 aliphatic rings. The van der Waals surface area contributed by atoms with Crippen LogP contribution in [0.25, 0.3) is 5.65 Å².